The number of nitrogens with zero attached hydrogens (tertiary/aromatic N) is 1. The lowest BCUT2D eigenvalue weighted by atomic mass is 9.96. The molecule has 1 aromatic carbocycles. The summed E-state index contributed by atoms with van der Waals surface area (Å²) in [6, 6.07) is 9.39. The highest BCUT2D eigenvalue weighted by atomic mass is 16.5. The zero-order valence-corrected chi connectivity index (χ0v) is 11.8. The van der Waals surface area contributed by atoms with Gasteiger partial charge in [-0.25, -0.2) is 0 Å². The van der Waals surface area contributed by atoms with Gasteiger partial charge in [0.1, 0.15) is 0 Å². The zero-order valence-electron chi connectivity index (χ0n) is 11.8. The van der Waals surface area contributed by atoms with Gasteiger partial charge in [0.15, 0.2) is 0 Å². The Hall–Kier alpha value is -0.900. The molecule has 3 rings (SSSR count). The Kier molecular flexibility index (Phi) is 4.16. The molecule has 1 aromatic rings. The lowest BCUT2D eigenvalue weighted by Crippen LogP contribution is -2.46. The third-order valence-corrected chi connectivity index (χ3v) is 4.44. The van der Waals surface area contributed by atoms with Crippen LogP contribution in [0.25, 0.3) is 0 Å². The summed E-state index contributed by atoms with van der Waals surface area (Å²) in [7, 11) is 2.23. The highest BCUT2D eigenvalue weighted by Crippen LogP contribution is 2.28. The molecule has 0 bridgehead atoms. The third kappa shape index (κ3) is 2.99. The van der Waals surface area contributed by atoms with Gasteiger partial charge in [0.2, 0.25) is 0 Å². The fourth-order valence-corrected chi connectivity index (χ4v) is 3.25. The second-order valence-electron chi connectivity index (χ2n) is 5.75. The summed E-state index contributed by atoms with van der Waals surface area (Å²) in [6.45, 7) is 4.15. The van der Waals surface area contributed by atoms with Gasteiger partial charge in [-0.05, 0) is 44.0 Å². The summed E-state index contributed by atoms with van der Waals surface area (Å²) in [6.07, 6.45) is 3.90. The van der Waals surface area contributed by atoms with Crippen molar-refractivity contribution in [1.29, 1.82) is 0 Å². The minimum Gasteiger partial charge on any atom is -0.372 e. The van der Waals surface area contributed by atoms with Crippen molar-refractivity contribution in [2.24, 2.45) is 0 Å². The highest BCUT2D eigenvalue weighted by Gasteiger charge is 2.25. The van der Waals surface area contributed by atoms with Gasteiger partial charge < -0.3 is 10.1 Å². The van der Waals surface area contributed by atoms with Crippen molar-refractivity contribution in [3.63, 3.8) is 0 Å². The first-order chi connectivity index (χ1) is 9.34. The van der Waals surface area contributed by atoms with Crippen LogP contribution in [-0.4, -0.2) is 44.2 Å². The average Bonchev–Trinajstić information content (AvgIpc) is 2.48. The second-order valence-corrected chi connectivity index (χ2v) is 5.75. The molecule has 1 fully saturated rings. The topological polar surface area (TPSA) is 24.5 Å². The minimum atomic E-state index is 0.247. The first-order valence-corrected chi connectivity index (χ1v) is 7.45. The van der Waals surface area contributed by atoms with Crippen LogP contribution in [0.3, 0.4) is 0 Å². The molecule has 19 heavy (non-hydrogen) atoms. The Morgan fingerprint density at radius 1 is 1.37 bits per heavy atom. The highest BCUT2D eigenvalue weighted by molar-refractivity contribution is 5.31. The van der Waals surface area contributed by atoms with Crippen LogP contribution in [0.1, 0.15) is 30.1 Å². The van der Waals surface area contributed by atoms with Gasteiger partial charge in [0, 0.05) is 19.1 Å². The minimum absolute atomic E-state index is 0.247. The molecule has 2 unspecified atom stereocenters. The van der Waals surface area contributed by atoms with Gasteiger partial charge in [-0.15, -0.1) is 0 Å². The van der Waals surface area contributed by atoms with Crippen molar-refractivity contribution < 1.29 is 4.74 Å². The smallest absolute Gasteiger partial charge is 0.0954 e. The van der Waals surface area contributed by atoms with Gasteiger partial charge in [-0.3, -0.25) is 4.90 Å². The molecular formula is C16H24N2O. The molecule has 0 aliphatic carbocycles. The Morgan fingerprint density at radius 2 is 2.26 bits per heavy atom. The number of hydrogen-bond acceptors (Lipinski definition) is 3. The first kappa shape index (κ1) is 13.1. The molecule has 2 heterocycles. The maximum atomic E-state index is 6.00. The quantitative estimate of drug-likeness (QED) is 0.899. The maximum absolute atomic E-state index is 6.00. The molecule has 2 aliphatic heterocycles. The van der Waals surface area contributed by atoms with E-state index in [2.05, 4.69) is 41.5 Å². The van der Waals surface area contributed by atoms with Crippen LogP contribution in [-0.2, 0) is 11.2 Å². The molecule has 0 amide bonds. The third-order valence-electron chi connectivity index (χ3n) is 4.44. The Balaban J connectivity index is 1.66. The second kappa shape index (κ2) is 6.04. The number of hydrogen-bond donors (Lipinski definition) is 1. The van der Waals surface area contributed by atoms with E-state index in [1.165, 1.54) is 30.5 Å². The molecule has 2 aliphatic rings. The average molecular weight is 260 g/mol. The van der Waals surface area contributed by atoms with Gasteiger partial charge in [0.25, 0.3) is 0 Å². The maximum Gasteiger partial charge on any atom is 0.0954 e. The van der Waals surface area contributed by atoms with E-state index in [0.717, 1.165) is 26.1 Å². The van der Waals surface area contributed by atoms with Crippen molar-refractivity contribution in [3.8, 4) is 0 Å². The van der Waals surface area contributed by atoms with Gasteiger partial charge in [-0.2, -0.15) is 0 Å². The fraction of sp³-hybridized carbons (Fsp3) is 0.625. The largest absolute Gasteiger partial charge is 0.372 e. The Morgan fingerprint density at radius 3 is 3.11 bits per heavy atom. The van der Waals surface area contributed by atoms with Crippen LogP contribution in [0.15, 0.2) is 24.3 Å². The fourth-order valence-electron chi connectivity index (χ4n) is 3.25. The van der Waals surface area contributed by atoms with Crippen molar-refractivity contribution in [1.82, 2.24) is 10.2 Å². The SMILES string of the molecule is CN(CC1OCCc2ccccc21)C1CCCNC1. The molecule has 104 valence electrons. The Labute approximate surface area is 115 Å². The van der Waals surface area contributed by atoms with Gasteiger partial charge in [0.05, 0.1) is 12.7 Å². The van der Waals surface area contributed by atoms with Crippen LogP contribution in [0.5, 0.6) is 0 Å². The van der Waals surface area contributed by atoms with E-state index in [9.17, 15) is 0 Å². The molecule has 0 radical (unpaired) electrons. The number of benzene rings is 1. The monoisotopic (exact) mass is 260 g/mol. The van der Waals surface area contributed by atoms with Gasteiger partial charge >= 0.3 is 0 Å². The van der Waals surface area contributed by atoms with E-state index in [1.54, 1.807) is 0 Å². The number of piperidine rings is 1. The first-order valence-electron chi connectivity index (χ1n) is 7.45. The van der Waals surface area contributed by atoms with Crippen LogP contribution in [0.4, 0.5) is 0 Å². The number of ether oxygens (including phenoxy) is 1. The standard InChI is InChI=1S/C16H24N2O/c1-18(14-6-4-9-17-11-14)12-16-15-7-3-2-5-13(15)8-10-19-16/h2-3,5,7,14,16-17H,4,6,8-12H2,1H3. The van der Waals surface area contributed by atoms with E-state index in [1.807, 2.05) is 0 Å². The summed E-state index contributed by atoms with van der Waals surface area (Å²) in [5.41, 5.74) is 2.86. The number of nitrogens with one attached hydrogen (secondary N) is 1. The zero-order chi connectivity index (χ0) is 13.1. The van der Waals surface area contributed by atoms with Crippen LogP contribution >= 0.6 is 0 Å². The number of fused-ring (bicyclic) bond motifs is 1. The van der Waals surface area contributed by atoms with Gasteiger partial charge in [-0.1, -0.05) is 24.3 Å². The molecular weight excluding hydrogens is 236 g/mol. The molecule has 1 N–H and O–H groups in total. The summed E-state index contributed by atoms with van der Waals surface area (Å²) >= 11 is 0. The summed E-state index contributed by atoms with van der Waals surface area (Å²) in [4.78, 5) is 2.47. The predicted molar refractivity (Wildman–Crippen MR) is 77.4 cm³/mol. The summed E-state index contributed by atoms with van der Waals surface area (Å²) < 4.78 is 6.00. The lowest BCUT2D eigenvalue weighted by Gasteiger charge is -2.35. The van der Waals surface area contributed by atoms with Crippen molar-refractivity contribution in [2.75, 3.05) is 33.3 Å². The Bertz CT molecular complexity index is 415. The van der Waals surface area contributed by atoms with Crippen molar-refractivity contribution in [3.05, 3.63) is 35.4 Å². The summed E-state index contributed by atoms with van der Waals surface area (Å²) in [5.74, 6) is 0. The summed E-state index contributed by atoms with van der Waals surface area (Å²) in [5, 5.41) is 3.49. The van der Waals surface area contributed by atoms with Crippen LogP contribution in [0, 0.1) is 0 Å². The molecule has 0 spiro atoms. The van der Waals surface area contributed by atoms with E-state index >= 15 is 0 Å². The molecule has 3 heteroatoms. The van der Waals surface area contributed by atoms with E-state index in [-0.39, 0.29) is 6.10 Å². The lowest BCUT2D eigenvalue weighted by molar-refractivity contribution is 0.0105. The molecule has 0 saturated carbocycles. The normalized spacial score (nSPS) is 27.3. The van der Waals surface area contributed by atoms with E-state index < -0.39 is 0 Å². The van der Waals surface area contributed by atoms with Crippen LogP contribution in [0.2, 0.25) is 0 Å². The van der Waals surface area contributed by atoms with Crippen LogP contribution < -0.4 is 5.32 Å². The van der Waals surface area contributed by atoms with Crippen molar-refractivity contribution >= 4 is 0 Å². The van der Waals surface area contributed by atoms with Crippen molar-refractivity contribution in [2.45, 2.75) is 31.4 Å². The molecule has 1 saturated heterocycles. The number of likely N-dealkylation sites (N-methyl/N-ethyl adjacent to an activating group) is 1. The van der Waals surface area contributed by atoms with E-state index in [0.29, 0.717) is 6.04 Å². The molecule has 2 atom stereocenters. The number of rotatable bonds is 3. The molecule has 3 nitrogen and oxygen atoms in total. The molecule has 0 aromatic heterocycles. The predicted octanol–water partition coefficient (Wildman–Crippen LogP) is 1.98. The van der Waals surface area contributed by atoms with E-state index in [4.69, 9.17) is 4.74 Å².